The molecule has 2 aromatic heterocycles. The van der Waals surface area contributed by atoms with Gasteiger partial charge in [-0.1, -0.05) is 83.1 Å². The average Bonchev–Trinajstić information content (AvgIpc) is 1.19. The number of rotatable bonds is 26. The van der Waals surface area contributed by atoms with E-state index < -0.39 is 58.5 Å². The first-order valence-electron chi connectivity index (χ1n) is 34.1. The summed E-state index contributed by atoms with van der Waals surface area (Å²) >= 11 is 1.56. The topological polar surface area (TPSA) is 262 Å². The number of carbonyl (C=O) groups excluding carboxylic acids is 6. The van der Waals surface area contributed by atoms with E-state index in [0.29, 0.717) is 76.6 Å². The Balaban J connectivity index is 0.572. The Morgan fingerprint density at radius 2 is 1.49 bits per heavy atom. The molecule has 23 nitrogen and oxygen atoms in total. The first kappa shape index (κ1) is 72.0. The number of piperidine rings is 2. The maximum atomic E-state index is 15.8. The largest absolute Gasteiger partial charge is 0.391 e. The Hall–Kier alpha value is -7.75. The van der Waals surface area contributed by atoms with Crippen molar-refractivity contribution in [2.45, 2.75) is 143 Å². The van der Waals surface area contributed by atoms with Crippen LogP contribution in [0.5, 0.6) is 0 Å². The summed E-state index contributed by atoms with van der Waals surface area (Å²) in [5.74, 6) is -1.55. The van der Waals surface area contributed by atoms with Crippen LogP contribution >= 0.6 is 11.3 Å². The number of hydrogen-bond acceptors (Lipinski definition) is 18. The van der Waals surface area contributed by atoms with Gasteiger partial charge in [0, 0.05) is 122 Å². The number of halogens is 2. The lowest BCUT2D eigenvalue weighted by atomic mass is 9.82. The number of amides is 6. The number of ether oxygens (including phenoxy) is 1. The van der Waals surface area contributed by atoms with Crippen LogP contribution in [-0.2, 0) is 53.1 Å². The molecule has 1 spiro atoms. The average molecular weight is 1360 g/mol. The van der Waals surface area contributed by atoms with Crippen LogP contribution in [0.3, 0.4) is 0 Å². The molecule has 6 amide bonds. The van der Waals surface area contributed by atoms with Gasteiger partial charge in [0.25, 0.3) is 0 Å². The Labute approximate surface area is 572 Å². The number of thiazole rings is 1. The molecule has 0 radical (unpaired) electrons. The van der Waals surface area contributed by atoms with Crippen LogP contribution in [0.1, 0.15) is 120 Å². The lowest BCUT2D eigenvalue weighted by Gasteiger charge is -2.48. The zero-order valence-corrected chi connectivity index (χ0v) is 58.0. The van der Waals surface area contributed by atoms with Crippen LogP contribution in [0.15, 0.2) is 78.6 Å². The molecule has 5 aliphatic rings. The number of nitrogens with one attached hydrogen (secondary N) is 6. The summed E-state index contributed by atoms with van der Waals surface area (Å²) in [4.78, 5) is 106. The maximum absolute atomic E-state index is 15.8. The number of piperazine rings is 2. The second-order valence-corrected chi connectivity index (χ2v) is 29.5. The van der Waals surface area contributed by atoms with Gasteiger partial charge in [-0.3, -0.25) is 43.5 Å². The number of anilines is 3. The fourth-order valence-corrected chi connectivity index (χ4v) is 14.3. The van der Waals surface area contributed by atoms with Gasteiger partial charge in [-0.05, 0) is 91.8 Å². The van der Waals surface area contributed by atoms with Crippen LogP contribution in [0.2, 0.25) is 0 Å². The number of aliphatic hydroxyl groups is 1. The third-order valence-corrected chi connectivity index (χ3v) is 20.5. The molecule has 5 saturated heterocycles. The summed E-state index contributed by atoms with van der Waals surface area (Å²) < 4.78 is 37.2. The highest BCUT2D eigenvalue weighted by atomic mass is 32.1. The van der Waals surface area contributed by atoms with Crippen LogP contribution in [0.4, 0.5) is 26.1 Å². The Kier molecular flexibility index (Phi) is 24.0. The molecule has 0 bridgehead atoms. The van der Waals surface area contributed by atoms with E-state index in [2.05, 4.69) is 86.4 Å². The number of likely N-dealkylation sites (tertiary alicyclic amines) is 2. The van der Waals surface area contributed by atoms with Crippen molar-refractivity contribution in [1.82, 2.24) is 61.1 Å². The summed E-state index contributed by atoms with van der Waals surface area (Å²) in [6.45, 7) is 23.1. The summed E-state index contributed by atoms with van der Waals surface area (Å²) in [5, 5.41) is 29.0. The molecule has 26 heteroatoms. The highest BCUT2D eigenvalue weighted by Crippen LogP contribution is 2.36. The summed E-state index contributed by atoms with van der Waals surface area (Å²) in [5.41, 5.74) is 5.99. The van der Waals surface area contributed by atoms with E-state index in [1.165, 1.54) is 23.4 Å². The number of aryl methyl sites for hydroxylation is 1. The smallest absolute Gasteiger partial charge is 0.246 e. The van der Waals surface area contributed by atoms with Crippen molar-refractivity contribution < 1.29 is 47.4 Å². The van der Waals surface area contributed by atoms with E-state index in [-0.39, 0.29) is 86.9 Å². The van der Waals surface area contributed by atoms with Gasteiger partial charge in [-0.2, -0.15) is 0 Å². The number of nitrogens with zero attached hydrogens (tertiary/aromatic N) is 9. The van der Waals surface area contributed by atoms with E-state index in [1.54, 1.807) is 21.7 Å². The van der Waals surface area contributed by atoms with E-state index >= 15 is 8.78 Å². The van der Waals surface area contributed by atoms with E-state index in [1.807, 2.05) is 83.1 Å². The molecule has 7 N–H and O–H groups in total. The van der Waals surface area contributed by atoms with Crippen molar-refractivity contribution in [2.75, 3.05) is 120 Å². The number of aromatic nitrogens is 3. The monoisotopic (exact) mass is 1360 g/mol. The Morgan fingerprint density at radius 3 is 2.21 bits per heavy atom. The van der Waals surface area contributed by atoms with Crippen LogP contribution < -0.4 is 41.7 Å². The van der Waals surface area contributed by atoms with Crippen molar-refractivity contribution in [3.63, 3.8) is 0 Å². The molecular formula is C71H97F2N15O8S. The molecule has 5 fully saturated rings. The Morgan fingerprint density at radius 1 is 0.784 bits per heavy atom. The SMILES string of the molecule is Cc1ncsc1-c1ccc([C@H](C)NC(=O)[C@@H]2C[C@@H](O)CN2C(=O)[C@@H](NC(=O)CCC(=O)NCCOCCN2CCN(CC(=O)NCc3cccc(CNc4cc(N5CCC6(CC5)CN(c5cc(F)c(CN7CCC(C)(C)CC7)cc5F)CC(=O)N6)ncn4)c3)CC2)C(C)(C)C)cc1. The van der Waals surface area contributed by atoms with Crippen LogP contribution in [0, 0.1) is 29.4 Å². The lowest BCUT2D eigenvalue weighted by Crippen LogP contribution is -2.66. The van der Waals surface area contributed by atoms with Gasteiger partial charge in [-0.25, -0.2) is 23.7 Å². The molecule has 4 atom stereocenters. The zero-order chi connectivity index (χ0) is 69.0. The summed E-state index contributed by atoms with van der Waals surface area (Å²) in [6, 6.07) is 18.0. The number of β-amino-alcohol motifs (C(OH)–C–C–N with tert-alkyl or cyclic N) is 1. The van der Waals surface area contributed by atoms with E-state index in [9.17, 15) is 33.9 Å². The first-order valence-corrected chi connectivity index (χ1v) is 35.0. The maximum Gasteiger partial charge on any atom is 0.246 e. The molecule has 5 aromatic rings. The minimum absolute atomic E-state index is 0.0459. The minimum Gasteiger partial charge on any atom is -0.391 e. The van der Waals surface area contributed by atoms with E-state index in [4.69, 9.17) is 4.74 Å². The highest BCUT2D eigenvalue weighted by Gasteiger charge is 2.46. The Bertz CT molecular complexity index is 3550. The quantitative estimate of drug-likeness (QED) is 0.0317. The van der Waals surface area contributed by atoms with Gasteiger partial charge in [0.15, 0.2) is 0 Å². The number of carbonyl (C=O) groups is 6. The summed E-state index contributed by atoms with van der Waals surface area (Å²) in [7, 11) is 0. The molecular weight excluding hydrogens is 1260 g/mol. The zero-order valence-electron chi connectivity index (χ0n) is 57.2. The molecule has 3 aromatic carbocycles. The number of hydrogen-bond donors (Lipinski definition) is 7. The van der Waals surface area contributed by atoms with E-state index in [0.717, 1.165) is 90.8 Å². The van der Waals surface area contributed by atoms with Crippen molar-refractivity contribution in [1.29, 1.82) is 0 Å². The molecule has 0 aliphatic carbocycles. The van der Waals surface area contributed by atoms with Crippen LogP contribution in [-0.4, -0.2) is 204 Å². The molecule has 5 aliphatic heterocycles. The molecule has 524 valence electrons. The number of aliphatic hydroxyl groups excluding tert-OH is 1. The normalized spacial score (nSPS) is 19.9. The number of benzene rings is 3. The molecule has 97 heavy (non-hydrogen) atoms. The first-order chi connectivity index (χ1) is 46.3. The molecule has 0 unspecified atom stereocenters. The van der Waals surface area contributed by atoms with Gasteiger partial charge < -0.3 is 56.4 Å². The van der Waals surface area contributed by atoms with Gasteiger partial charge in [-0.15, -0.1) is 11.3 Å². The lowest BCUT2D eigenvalue weighted by molar-refractivity contribution is -0.144. The second kappa shape index (κ2) is 32.3. The third-order valence-electron chi connectivity index (χ3n) is 19.5. The van der Waals surface area contributed by atoms with Gasteiger partial charge in [0.2, 0.25) is 35.4 Å². The summed E-state index contributed by atoms with van der Waals surface area (Å²) in [6.07, 6.45) is 3.63. The predicted octanol–water partition coefficient (Wildman–Crippen LogP) is 5.91. The fourth-order valence-electron chi connectivity index (χ4n) is 13.5. The van der Waals surface area contributed by atoms with Gasteiger partial charge in [0.05, 0.1) is 65.8 Å². The third kappa shape index (κ3) is 19.8. The predicted molar refractivity (Wildman–Crippen MR) is 369 cm³/mol. The van der Waals surface area contributed by atoms with Crippen molar-refractivity contribution >= 4 is 64.1 Å². The second-order valence-electron chi connectivity index (χ2n) is 28.7. The van der Waals surface area contributed by atoms with Crippen LogP contribution in [0.25, 0.3) is 10.4 Å². The molecule has 10 rings (SSSR count). The minimum atomic E-state index is -1.02. The van der Waals surface area contributed by atoms with Gasteiger partial charge in [0.1, 0.15) is 41.7 Å². The standard InChI is InChI=1S/C71H97F2N15O8S/c1-47(51-11-13-52(14-12-51)65-48(2)79-46-97-65)80-67(94)58-35-54(89)41-88(58)68(95)66(69(3,4)5)81-62(91)16-15-61(90)74-21-31-96-32-30-83-26-28-85(29-27-83)42-63(92)76-39-50-10-8-9-49(33-50)38-75-59-37-60(78-45-77-59)86-24-19-71(20-25-86)44-87(43-64(93)82-71)57-36-55(72)53(34-56(57)73)40-84-22-17-70(6,7)18-23-84/h8-14,33-34,36-37,45-47,54,58,66,89H,15-32,35,38-44H2,1-7H3,(H,74,90)(H,76,92)(H,80,94)(H,81,91)(H,82,93)(H,75,77,78)/t47-,54+,58-,66+/m0/s1. The fraction of sp³-hybridized carbons (Fsp3) is 0.563. The molecule has 7 heterocycles. The van der Waals surface area contributed by atoms with Gasteiger partial charge >= 0.3 is 0 Å². The van der Waals surface area contributed by atoms with Crippen molar-refractivity contribution in [2.24, 2.45) is 10.8 Å². The van der Waals surface area contributed by atoms with Crippen molar-refractivity contribution in [3.8, 4) is 10.4 Å². The highest BCUT2D eigenvalue weighted by molar-refractivity contribution is 7.13. The van der Waals surface area contributed by atoms with Crippen molar-refractivity contribution in [3.05, 3.63) is 118 Å². The molecule has 0 saturated carbocycles.